The van der Waals surface area contributed by atoms with Crippen LogP contribution in [-0.4, -0.2) is 48.6 Å². The van der Waals surface area contributed by atoms with Crippen LogP contribution in [0, 0.1) is 0 Å². The summed E-state index contributed by atoms with van der Waals surface area (Å²) in [6.45, 7) is 2.02. The summed E-state index contributed by atoms with van der Waals surface area (Å²) in [5, 5.41) is 3.18. The molecular formula is C23H24ClN3O4. The molecule has 7 nitrogen and oxygen atoms in total. The molecule has 0 saturated carbocycles. The van der Waals surface area contributed by atoms with Gasteiger partial charge in [-0.2, -0.15) is 0 Å². The lowest BCUT2D eigenvalue weighted by molar-refractivity contribution is -0.116. The maximum absolute atomic E-state index is 13.2. The molecule has 1 aromatic heterocycles. The van der Waals surface area contributed by atoms with E-state index in [0.717, 1.165) is 0 Å². The molecule has 0 aliphatic rings. The van der Waals surface area contributed by atoms with E-state index in [-0.39, 0.29) is 18.4 Å². The molecule has 0 atom stereocenters. The number of anilines is 1. The largest absolute Gasteiger partial charge is 0.497 e. The zero-order valence-electron chi connectivity index (χ0n) is 17.6. The first kappa shape index (κ1) is 22.2. The van der Waals surface area contributed by atoms with Gasteiger partial charge in [0.05, 0.1) is 30.5 Å². The van der Waals surface area contributed by atoms with Crippen LogP contribution in [-0.2, 0) is 4.79 Å². The molecule has 0 unspecified atom stereocenters. The van der Waals surface area contributed by atoms with E-state index in [4.69, 9.17) is 21.1 Å². The van der Waals surface area contributed by atoms with Gasteiger partial charge in [0.2, 0.25) is 5.91 Å². The average molecular weight is 442 g/mol. The van der Waals surface area contributed by atoms with Crippen molar-refractivity contribution in [3.8, 4) is 17.2 Å². The molecule has 0 radical (unpaired) electrons. The Balaban J connectivity index is 1.79. The van der Waals surface area contributed by atoms with Gasteiger partial charge in [0.15, 0.2) is 0 Å². The van der Waals surface area contributed by atoms with Crippen LogP contribution in [0.1, 0.15) is 17.3 Å². The van der Waals surface area contributed by atoms with Gasteiger partial charge in [-0.3, -0.25) is 9.59 Å². The lowest BCUT2D eigenvalue weighted by Crippen LogP contribution is -2.38. The number of aromatic nitrogens is 1. The maximum atomic E-state index is 13.2. The number of nitrogens with zero attached hydrogens (tertiary/aromatic N) is 2. The molecular weight excluding hydrogens is 418 g/mol. The van der Waals surface area contributed by atoms with Gasteiger partial charge in [0.25, 0.3) is 5.91 Å². The van der Waals surface area contributed by atoms with Crippen molar-refractivity contribution in [2.24, 2.45) is 0 Å². The normalized spacial score (nSPS) is 10.5. The topological polar surface area (TPSA) is 72.8 Å². The van der Waals surface area contributed by atoms with Crippen molar-refractivity contribution in [3.05, 3.63) is 71.5 Å². The fourth-order valence-electron chi connectivity index (χ4n) is 3.14. The lowest BCUT2D eigenvalue weighted by Gasteiger charge is -2.22. The molecule has 2 aromatic carbocycles. The molecule has 0 fully saturated rings. The van der Waals surface area contributed by atoms with E-state index >= 15 is 0 Å². The Hall–Kier alpha value is -3.45. The molecule has 0 aliphatic heterocycles. The second-order valence-electron chi connectivity index (χ2n) is 6.69. The van der Waals surface area contributed by atoms with E-state index in [2.05, 4.69) is 5.32 Å². The quantitative estimate of drug-likeness (QED) is 0.567. The maximum Gasteiger partial charge on any atom is 0.258 e. The van der Waals surface area contributed by atoms with E-state index < -0.39 is 0 Å². The summed E-state index contributed by atoms with van der Waals surface area (Å²) >= 11 is 6.45. The Morgan fingerprint density at radius 1 is 1.06 bits per heavy atom. The monoisotopic (exact) mass is 441 g/mol. The van der Waals surface area contributed by atoms with Crippen molar-refractivity contribution in [1.82, 2.24) is 9.47 Å². The minimum absolute atomic E-state index is 0.118. The average Bonchev–Trinajstić information content (AvgIpc) is 3.31. The summed E-state index contributed by atoms with van der Waals surface area (Å²) in [5.41, 5.74) is 1.57. The molecule has 3 rings (SSSR count). The Labute approximate surface area is 186 Å². The van der Waals surface area contributed by atoms with Gasteiger partial charge in [-0.05, 0) is 37.3 Å². The van der Waals surface area contributed by atoms with Crippen molar-refractivity contribution in [1.29, 1.82) is 0 Å². The van der Waals surface area contributed by atoms with E-state index in [1.165, 1.54) is 12.0 Å². The first-order valence-electron chi connectivity index (χ1n) is 9.70. The fourth-order valence-corrected chi connectivity index (χ4v) is 3.41. The number of carbonyl (C=O) groups excluding carboxylic acids is 2. The minimum atomic E-state index is -0.346. The number of nitrogens with one attached hydrogen (secondary N) is 1. The SMILES string of the molecule is CCN(CC(=O)Nc1cccc(OC)c1)C(=O)c1cc(Cl)c(-n2cccc2)cc1OC. The highest BCUT2D eigenvalue weighted by molar-refractivity contribution is 6.33. The van der Waals surface area contributed by atoms with E-state index in [0.29, 0.717) is 40.0 Å². The highest BCUT2D eigenvalue weighted by atomic mass is 35.5. The number of carbonyl (C=O) groups is 2. The van der Waals surface area contributed by atoms with Crippen molar-refractivity contribution in [2.75, 3.05) is 32.6 Å². The molecule has 2 amide bonds. The van der Waals surface area contributed by atoms with Crippen LogP contribution in [0.5, 0.6) is 11.5 Å². The number of halogens is 1. The summed E-state index contributed by atoms with van der Waals surface area (Å²) < 4.78 is 12.4. The van der Waals surface area contributed by atoms with Crippen LogP contribution in [0.2, 0.25) is 5.02 Å². The molecule has 3 aromatic rings. The number of hydrogen-bond acceptors (Lipinski definition) is 4. The van der Waals surface area contributed by atoms with Crippen LogP contribution in [0.15, 0.2) is 60.9 Å². The number of methoxy groups -OCH3 is 2. The van der Waals surface area contributed by atoms with Gasteiger partial charge in [-0.15, -0.1) is 0 Å². The Morgan fingerprint density at radius 3 is 2.45 bits per heavy atom. The van der Waals surface area contributed by atoms with Gasteiger partial charge in [0, 0.05) is 36.8 Å². The molecule has 0 bridgehead atoms. The zero-order chi connectivity index (χ0) is 22.4. The van der Waals surface area contributed by atoms with Crippen LogP contribution >= 0.6 is 11.6 Å². The van der Waals surface area contributed by atoms with E-state index in [1.54, 1.807) is 50.4 Å². The number of amides is 2. The minimum Gasteiger partial charge on any atom is -0.497 e. The lowest BCUT2D eigenvalue weighted by atomic mass is 10.1. The fraction of sp³-hybridized carbons (Fsp3) is 0.217. The standard InChI is InChI=1S/C23H24ClN3O4/c1-4-26(15-22(28)25-16-8-7-9-17(12-16)30-2)23(29)18-13-19(24)20(14-21(18)31-3)27-10-5-6-11-27/h5-14H,4,15H2,1-3H3,(H,25,28). The molecule has 1 N–H and O–H groups in total. The third-order valence-electron chi connectivity index (χ3n) is 4.74. The molecule has 162 valence electrons. The summed E-state index contributed by atoms with van der Waals surface area (Å²) in [4.78, 5) is 27.1. The van der Waals surface area contributed by atoms with Crippen LogP contribution in [0.4, 0.5) is 5.69 Å². The van der Waals surface area contributed by atoms with Gasteiger partial charge in [0.1, 0.15) is 18.0 Å². The van der Waals surface area contributed by atoms with Gasteiger partial charge < -0.3 is 24.3 Å². The Bertz CT molecular complexity index is 1070. The molecule has 0 saturated heterocycles. The second-order valence-corrected chi connectivity index (χ2v) is 7.10. The molecule has 0 aliphatic carbocycles. The van der Waals surface area contributed by atoms with Gasteiger partial charge >= 0.3 is 0 Å². The van der Waals surface area contributed by atoms with Crippen molar-refractivity contribution in [3.63, 3.8) is 0 Å². The number of rotatable bonds is 8. The summed E-state index contributed by atoms with van der Waals surface area (Å²) in [6, 6.07) is 14.0. The van der Waals surface area contributed by atoms with Crippen LogP contribution < -0.4 is 14.8 Å². The van der Waals surface area contributed by atoms with E-state index in [9.17, 15) is 9.59 Å². The summed E-state index contributed by atoms with van der Waals surface area (Å²) in [7, 11) is 3.05. The third-order valence-corrected chi connectivity index (χ3v) is 5.04. The van der Waals surface area contributed by atoms with Crippen molar-refractivity contribution in [2.45, 2.75) is 6.92 Å². The number of benzene rings is 2. The summed E-state index contributed by atoms with van der Waals surface area (Å²) in [5.74, 6) is 0.340. The number of likely N-dealkylation sites (N-methyl/N-ethyl adjacent to an activating group) is 1. The van der Waals surface area contributed by atoms with E-state index in [1.807, 2.05) is 29.1 Å². The number of hydrogen-bond donors (Lipinski definition) is 1. The molecule has 31 heavy (non-hydrogen) atoms. The molecule has 0 spiro atoms. The summed E-state index contributed by atoms with van der Waals surface area (Å²) in [6.07, 6.45) is 3.70. The number of ether oxygens (including phenoxy) is 2. The third kappa shape index (κ3) is 5.19. The van der Waals surface area contributed by atoms with Gasteiger partial charge in [-0.25, -0.2) is 0 Å². The van der Waals surface area contributed by atoms with Crippen LogP contribution in [0.3, 0.4) is 0 Å². The predicted molar refractivity (Wildman–Crippen MR) is 121 cm³/mol. The van der Waals surface area contributed by atoms with Crippen molar-refractivity contribution < 1.29 is 19.1 Å². The van der Waals surface area contributed by atoms with Gasteiger partial charge in [-0.1, -0.05) is 17.7 Å². The Morgan fingerprint density at radius 2 is 1.81 bits per heavy atom. The highest BCUT2D eigenvalue weighted by Gasteiger charge is 2.23. The van der Waals surface area contributed by atoms with Crippen LogP contribution in [0.25, 0.3) is 5.69 Å². The first-order chi connectivity index (χ1) is 15.0. The first-order valence-corrected chi connectivity index (χ1v) is 10.1. The highest BCUT2D eigenvalue weighted by Crippen LogP contribution is 2.31. The molecule has 8 heteroatoms. The van der Waals surface area contributed by atoms with Crippen molar-refractivity contribution >= 4 is 29.1 Å². The zero-order valence-corrected chi connectivity index (χ0v) is 18.3. The smallest absolute Gasteiger partial charge is 0.258 e. The Kier molecular flexibility index (Phi) is 7.20. The molecule has 1 heterocycles. The second kappa shape index (κ2) is 10.0. The predicted octanol–water partition coefficient (Wildman–Crippen LogP) is 4.25.